The van der Waals surface area contributed by atoms with Gasteiger partial charge in [0.15, 0.2) is 17.4 Å². The van der Waals surface area contributed by atoms with Crippen molar-refractivity contribution in [1.29, 1.82) is 0 Å². The Labute approximate surface area is 198 Å². The van der Waals surface area contributed by atoms with Crippen LogP contribution in [-0.4, -0.2) is 47.5 Å². The van der Waals surface area contributed by atoms with Crippen LogP contribution in [-0.2, 0) is 4.74 Å². The summed E-state index contributed by atoms with van der Waals surface area (Å²) in [5.41, 5.74) is -1.07. The van der Waals surface area contributed by atoms with Crippen molar-refractivity contribution in [3.05, 3.63) is 70.0 Å². The average molecular weight is 518 g/mol. The van der Waals surface area contributed by atoms with Crippen molar-refractivity contribution in [2.75, 3.05) is 13.7 Å². The van der Waals surface area contributed by atoms with Crippen LogP contribution < -0.4 is 20.3 Å². The Morgan fingerprint density at radius 1 is 1.17 bits per heavy atom. The molecule has 2 N–H and O–H groups in total. The second-order valence-corrected chi connectivity index (χ2v) is 6.96. The van der Waals surface area contributed by atoms with Crippen molar-refractivity contribution in [1.82, 2.24) is 20.3 Å². The minimum Gasteiger partial charge on any atom is -0.433 e. The fourth-order valence-electron chi connectivity index (χ4n) is 2.95. The third-order valence-corrected chi connectivity index (χ3v) is 4.40. The number of carbonyl (C=O) groups is 1. The number of aromatic amines is 1. The highest BCUT2D eigenvalue weighted by atomic mass is 19.4. The second kappa shape index (κ2) is 11.1. The number of carbonyl (C=O) groups excluding carboxylic acids is 1. The Morgan fingerprint density at radius 3 is 2.50 bits per heavy atom. The highest BCUT2D eigenvalue weighted by molar-refractivity contribution is 5.92. The molecular weight excluding hydrogens is 502 g/mol. The third-order valence-electron chi connectivity index (χ3n) is 4.40. The summed E-state index contributed by atoms with van der Waals surface area (Å²) in [5, 5.41) is 2.45. The number of rotatable bonds is 9. The number of halogens is 6. The predicted octanol–water partition coefficient (Wildman–Crippen LogP) is 3.59. The van der Waals surface area contributed by atoms with Gasteiger partial charge in [0.1, 0.15) is 17.1 Å². The van der Waals surface area contributed by atoms with Gasteiger partial charge in [-0.25, -0.2) is 14.4 Å². The zero-order valence-electron chi connectivity index (χ0n) is 18.1. The fraction of sp³-hybridized carbons (Fsp3) is 0.238. The third kappa shape index (κ3) is 7.18. The molecule has 9 nitrogen and oxygen atoms in total. The van der Waals surface area contributed by atoms with Crippen LogP contribution in [0.3, 0.4) is 0 Å². The summed E-state index contributed by atoms with van der Waals surface area (Å²) in [4.78, 5) is 35.0. The highest BCUT2D eigenvalue weighted by Gasteiger charge is 2.32. The van der Waals surface area contributed by atoms with Gasteiger partial charge in [0, 0.05) is 13.2 Å². The van der Waals surface area contributed by atoms with Crippen LogP contribution in [0.15, 0.2) is 47.4 Å². The summed E-state index contributed by atoms with van der Waals surface area (Å²) in [6.45, 7) is -3.28. The van der Waals surface area contributed by atoms with Crippen molar-refractivity contribution >= 4 is 5.91 Å². The number of ether oxygens (including phenoxy) is 3. The van der Waals surface area contributed by atoms with E-state index in [1.807, 2.05) is 0 Å². The minimum atomic E-state index is -5.10. The number of pyridine rings is 1. The maximum Gasteiger partial charge on any atom is 0.573 e. The molecule has 2 heterocycles. The van der Waals surface area contributed by atoms with Crippen molar-refractivity contribution in [3.8, 4) is 23.0 Å². The van der Waals surface area contributed by atoms with Crippen LogP contribution in [0.5, 0.6) is 11.5 Å². The first-order valence-corrected chi connectivity index (χ1v) is 9.82. The molecule has 0 spiro atoms. The van der Waals surface area contributed by atoms with E-state index in [0.29, 0.717) is 0 Å². The molecule has 0 aliphatic rings. The smallest absolute Gasteiger partial charge is 0.433 e. The molecule has 2 aromatic heterocycles. The average Bonchev–Trinajstić information content (AvgIpc) is 2.79. The van der Waals surface area contributed by atoms with Crippen molar-refractivity contribution in [3.63, 3.8) is 0 Å². The lowest BCUT2D eigenvalue weighted by Gasteiger charge is -2.19. The van der Waals surface area contributed by atoms with E-state index in [2.05, 4.69) is 29.7 Å². The molecule has 0 saturated carbocycles. The number of H-pyrrole nitrogens is 1. The molecule has 3 aromatic rings. The summed E-state index contributed by atoms with van der Waals surface area (Å²) in [6, 6.07) is 4.74. The number of aromatic nitrogens is 3. The van der Waals surface area contributed by atoms with E-state index in [-0.39, 0.29) is 35.1 Å². The van der Waals surface area contributed by atoms with Crippen molar-refractivity contribution < 1.29 is 45.3 Å². The van der Waals surface area contributed by atoms with Crippen LogP contribution in [0.2, 0.25) is 0 Å². The van der Waals surface area contributed by atoms with Gasteiger partial charge in [0.2, 0.25) is 0 Å². The topological polar surface area (TPSA) is 115 Å². The van der Waals surface area contributed by atoms with Gasteiger partial charge < -0.3 is 24.5 Å². The van der Waals surface area contributed by atoms with E-state index in [4.69, 9.17) is 4.74 Å². The molecule has 36 heavy (non-hydrogen) atoms. The number of benzene rings is 1. The molecule has 0 saturated heterocycles. The summed E-state index contributed by atoms with van der Waals surface area (Å²) in [6.07, 6.45) is -4.14. The molecule has 192 valence electrons. The van der Waals surface area contributed by atoms with Gasteiger partial charge in [-0.15, -0.1) is 13.2 Å². The number of methoxy groups -OCH3 is 1. The maximum absolute atomic E-state index is 14.1. The summed E-state index contributed by atoms with van der Waals surface area (Å²) >= 11 is 0. The van der Waals surface area contributed by atoms with Gasteiger partial charge >= 0.3 is 13.0 Å². The molecule has 1 atom stereocenters. The molecule has 0 fully saturated rings. The fourth-order valence-corrected chi connectivity index (χ4v) is 2.95. The maximum atomic E-state index is 14.1. The van der Waals surface area contributed by atoms with Gasteiger partial charge in [0.25, 0.3) is 11.5 Å². The second-order valence-electron chi connectivity index (χ2n) is 6.96. The molecule has 3 rings (SSSR count). The molecule has 1 amide bonds. The Balaban J connectivity index is 1.83. The van der Waals surface area contributed by atoms with E-state index in [0.717, 1.165) is 36.5 Å². The lowest BCUT2D eigenvalue weighted by atomic mass is 10.1. The van der Waals surface area contributed by atoms with Crippen LogP contribution in [0.1, 0.15) is 22.1 Å². The van der Waals surface area contributed by atoms with Crippen molar-refractivity contribution in [2.45, 2.75) is 19.0 Å². The zero-order chi connectivity index (χ0) is 26.5. The minimum absolute atomic E-state index is 0.0270. The standard InChI is InChI=1S/C21H16F6N4O5/c1-34-9-15(10-2-5-16(12(22)6-10)36-21(25,26)27)30-19(33)14-7-17(32)31-18(29-14)13-4-3-11(8-28-13)35-20(23)24/h2-8,15,20H,9H2,1H3,(H,30,33)(H,29,31,32)/t15-/m1/s1. The van der Waals surface area contributed by atoms with E-state index in [9.17, 15) is 35.9 Å². The molecule has 0 aliphatic carbocycles. The van der Waals surface area contributed by atoms with E-state index in [1.165, 1.54) is 13.2 Å². The Bertz CT molecular complexity index is 1270. The summed E-state index contributed by atoms with van der Waals surface area (Å²) < 4.78 is 88.6. The lowest BCUT2D eigenvalue weighted by Crippen LogP contribution is -2.33. The van der Waals surface area contributed by atoms with Crippen LogP contribution in [0, 0.1) is 5.82 Å². The molecular formula is C21H16F6N4O5. The number of hydrogen-bond acceptors (Lipinski definition) is 7. The van der Waals surface area contributed by atoms with E-state index in [1.54, 1.807) is 0 Å². The first kappa shape index (κ1) is 26.5. The molecule has 15 heteroatoms. The van der Waals surface area contributed by atoms with Gasteiger partial charge in [-0.3, -0.25) is 9.59 Å². The monoisotopic (exact) mass is 518 g/mol. The Kier molecular flexibility index (Phi) is 8.14. The van der Waals surface area contributed by atoms with Gasteiger partial charge in [-0.1, -0.05) is 6.07 Å². The van der Waals surface area contributed by atoms with Gasteiger partial charge in [0.05, 0.1) is 18.8 Å². The van der Waals surface area contributed by atoms with Gasteiger partial charge in [-0.2, -0.15) is 8.78 Å². The molecule has 1 aromatic carbocycles. The largest absolute Gasteiger partial charge is 0.573 e. The zero-order valence-corrected chi connectivity index (χ0v) is 18.1. The number of nitrogens with zero attached hydrogens (tertiary/aromatic N) is 2. The molecule has 0 aliphatic heterocycles. The van der Waals surface area contributed by atoms with Crippen LogP contribution >= 0.6 is 0 Å². The first-order chi connectivity index (χ1) is 16.9. The first-order valence-electron chi connectivity index (χ1n) is 9.82. The van der Waals surface area contributed by atoms with E-state index >= 15 is 0 Å². The van der Waals surface area contributed by atoms with Crippen molar-refractivity contribution in [2.24, 2.45) is 0 Å². The van der Waals surface area contributed by atoms with Crippen LogP contribution in [0.25, 0.3) is 11.5 Å². The number of alkyl halides is 5. The van der Waals surface area contributed by atoms with E-state index < -0.39 is 42.0 Å². The molecule has 0 bridgehead atoms. The quantitative estimate of drug-likeness (QED) is 0.416. The van der Waals surface area contributed by atoms with Crippen LogP contribution in [0.4, 0.5) is 26.3 Å². The highest BCUT2D eigenvalue weighted by Crippen LogP contribution is 2.28. The Morgan fingerprint density at radius 2 is 1.92 bits per heavy atom. The SMILES string of the molecule is COC[C@@H](NC(=O)c1cc(=O)[nH]c(-c2ccc(OC(F)F)cn2)n1)c1ccc(OC(F)(F)F)c(F)c1. The number of nitrogens with one attached hydrogen (secondary N) is 2. The normalized spacial score (nSPS) is 12.3. The number of amides is 1. The summed E-state index contributed by atoms with van der Waals surface area (Å²) in [5.74, 6) is -3.71. The molecule has 0 unspecified atom stereocenters. The van der Waals surface area contributed by atoms with Gasteiger partial charge in [-0.05, 0) is 29.8 Å². The predicted molar refractivity (Wildman–Crippen MR) is 110 cm³/mol. The Hall–Kier alpha value is -4.14. The number of hydrogen-bond donors (Lipinski definition) is 2. The summed E-state index contributed by atoms with van der Waals surface area (Å²) in [7, 11) is 1.27. The molecule has 0 radical (unpaired) electrons. The lowest BCUT2D eigenvalue weighted by molar-refractivity contribution is -0.275.